The van der Waals surface area contributed by atoms with E-state index in [2.05, 4.69) is 0 Å². The van der Waals surface area contributed by atoms with Gasteiger partial charge in [0, 0.05) is 0 Å². The lowest BCUT2D eigenvalue weighted by Crippen LogP contribution is -2.18. The summed E-state index contributed by atoms with van der Waals surface area (Å²) in [5, 5.41) is 0. The molecule has 0 unspecified atom stereocenters. The Morgan fingerprint density at radius 1 is 1.38 bits per heavy atom. The van der Waals surface area contributed by atoms with E-state index in [1.165, 1.54) is 0 Å². The highest BCUT2D eigenvalue weighted by Crippen LogP contribution is 2.30. The first-order chi connectivity index (χ1) is 3.77. The fraction of sp³-hybridized carbons (Fsp3) is 0.833. The minimum absolute atomic E-state index is 0.441. The molecular formula is C6H9FO. The van der Waals surface area contributed by atoms with Crippen molar-refractivity contribution < 1.29 is 9.18 Å². The minimum Gasteiger partial charge on any atom is -0.300 e. The van der Waals surface area contributed by atoms with E-state index in [0.717, 1.165) is 12.8 Å². The van der Waals surface area contributed by atoms with Gasteiger partial charge in [-0.15, -0.1) is 0 Å². The van der Waals surface area contributed by atoms with E-state index >= 15 is 0 Å². The molecule has 1 rings (SSSR count). The predicted molar refractivity (Wildman–Crippen MR) is 28.4 cm³/mol. The molecule has 0 aliphatic heterocycles. The van der Waals surface area contributed by atoms with E-state index < -0.39 is 5.67 Å². The molecule has 1 aliphatic rings. The number of halogens is 1. The van der Waals surface area contributed by atoms with Gasteiger partial charge in [0.25, 0.3) is 0 Å². The number of hydrogen-bond donors (Lipinski definition) is 0. The molecule has 0 aromatic heterocycles. The standard InChI is InChI=1S/C6H9FO/c7-6(5-8)3-1-2-4-6/h5H,1-4H2. The molecule has 2 heteroatoms. The van der Waals surface area contributed by atoms with E-state index in [4.69, 9.17) is 0 Å². The average Bonchev–Trinajstić information content (AvgIpc) is 2.17. The van der Waals surface area contributed by atoms with Crippen LogP contribution in [-0.4, -0.2) is 12.0 Å². The van der Waals surface area contributed by atoms with Crippen LogP contribution < -0.4 is 0 Å². The fourth-order valence-corrected chi connectivity index (χ4v) is 1.08. The summed E-state index contributed by atoms with van der Waals surface area (Å²) in [6.07, 6.45) is 3.07. The van der Waals surface area contributed by atoms with Gasteiger partial charge in [0.2, 0.25) is 0 Å². The summed E-state index contributed by atoms with van der Waals surface area (Å²) in [4.78, 5) is 9.95. The zero-order valence-electron chi connectivity index (χ0n) is 4.69. The highest BCUT2D eigenvalue weighted by Gasteiger charge is 2.32. The molecule has 0 aromatic carbocycles. The van der Waals surface area contributed by atoms with Gasteiger partial charge in [-0.3, -0.25) is 4.79 Å². The summed E-state index contributed by atoms with van der Waals surface area (Å²) in [7, 11) is 0. The molecule has 8 heavy (non-hydrogen) atoms. The van der Waals surface area contributed by atoms with Crippen molar-refractivity contribution in [2.45, 2.75) is 31.4 Å². The highest BCUT2D eigenvalue weighted by atomic mass is 19.1. The van der Waals surface area contributed by atoms with Crippen LogP contribution in [0.2, 0.25) is 0 Å². The first-order valence-electron chi connectivity index (χ1n) is 2.92. The Bertz CT molecular complexity index is 94.7. The average molecular weight is 116 g/mol. The van der Waals surface area contributed by atoms with Crippen molar-refractivity contribution in [1.29, 1.82) is 0 Å². The van der Waals surface area contributed by atoms with E-state index in [1.54, 1.807) is 0 Å². The van der Waals surface area contributed by atoms with Gasteiger partial charge < -0.3 is 0 Å². The van der Waals surface area contributed by atoms with E-state index in [-0.39, 0.29) is 0 Å². The third-order valence-electron chi connectivity index (χ3n) is 1.65. The zero-order chi connectivity index (χ0) is 6.04. The molecule has 0 heterocycles. The quantitative estimate of drug-likeness (QED) is 0.474. The number of carbonyl (C=O) groups is 1. The summed E-state index contributed by atoms with van der Waals surface area (Å²) in [6, 6.07) is 0. The molecule has 0 amide bonds. The molecule has 1 fully saturated rings. The fourth-order valence-electron chi connectivity index (χ4n) is 1.08. The molecule has 0 bridgehead atoms. The Hall–Kier alpha value is -0.400. The topological polar surface area (TPSA) is 17.1 Å². The molecular weight excluding hydrogens is 107 g/mol. The summed E-state index contributed by atoms with van der Waals surface area (Å²) in [5.74, 6) is 0. The van der Waals surface area contributed by atoms with Gasteiger partial charge in [0.1, 0.15) is 0 Å². The first-order valence-corrected chi connectivity index (χ1v) is 2.92. The predicted octanol–water partition coefficient (Wildman–Crippen LogP) is 1.47. The Labute approximate surface area is 47.9 Å². The van der Waals surface area contributed by atoms with Crippen LogP contribution in [0.3, 0.4) is 0 Å². The number of aldehydes is 1. The second-order valence-electron chi connectivity index (χ2n) is 2.36. The molecule has 0 spiro atoms. The zero-order valence-corrected chi connectivity index (χ0v) is 4.69. The monoisotopic (exact) mass is 116 g/mol. The lowest BCUT2D eigenvalue weighted by molar-refractivity contribution is -0.117. The molecule has 0 saturated heterocycles. The van der Waals surface area contributed by atoms with Crippen molar-refractivity contribution in [3.63, 3.8) is 0 Å². The number of carbonyl (C=O) groups excluding carboxylic acids is 1. The third-order valence-corrected chi connectivity index (χ3v) is 1.65. The summed E-state index contributed by atoms with van der Waals surface area (Å²) in [6.45, 7) is 0. The maximum atomic E-state index is 12.7. The molecule has 46 valence electrons. The van der Waals surface area contributed by atoms with Crippen molar-refractivity contribution in [2.75, 3.05) is 0 Å². The minimum atomic E-state index is -1.44. The number of hydrogen-bond acceptors (Lipinski definition) is 1. The van der Waals surface area contributed by atoms with E-state index in [0.29, 0.717) is 19.1 Å². The van der Waals surface area contributed by atoms with Gasteiger partial charge in [-0.2, -0.15) is 0 Å². The first kappa shape index (κ1) is 5.73. The van der Waals surface area contributed by atoms with Gasteiger partial charge >= 0.3 is 0 Å². The SMILES string of the molecule is O=CC1(F)CCCC1. The van der Waals surface area contributed by atoms with Crippen LogP contribution in [0.25, 0.3) is 0 Å². The van der Waals surface area contributed by atoms with Crippen LogP contribution in [0.15, 0.2) is 0 Å². The van der Waals surface area contributed by atoms with Gasteiger partial charge in [-0.1, -0.05) is 0 Å². The van der Waals surface area contributed by atoms with E-state index in [9.17, 15) is 9.18 Å². The molecule has 0 atom stereocenters. The van der Waals surface area contributed by atoms with Gasteiger partial charge in [-0.25, -0.2) is 4.39 Å². The maximum absolute atomic E-state index is 12.7. The molecule has 0 radical (unpaired) electrons. The van der Waals surface area contributed by atoms with E-state index in [1.807, 2.05) is 0 Å². The van der Waals surface area contributed by atoms with Crippen molar-refractivity contribution >= 4 is 6.29 Å². The summed E-state index contributed by atoms with van der Waals surface area (Å²) in [5.41, 5.74) is -1.44. The lowest BCUT2D eigenvalue weighted by Gasteiger charge is -2.06. The number of alkyl halides is 1. The van der Waals surface area contributed by atoms with Crippen LogP contribution in [0.1, 0.15) is 25.7 Å². The van der Waals surface area contributed by atoms with Crippen molar-refractivity contribution in [1.82, 2.24) is 0 Å². The summed E-state index contributed by atoms with van der Waals surface area (Å²) < 4.78 is 12.7. The van der Waals surface area contributed by atoms with Crippen molar-refractivity contribution in [2.24, 2.45) is 0 Å². The lowest BCUT2D eigenvalue weighted by atomic mass is 10.1. The van der Waals surface area contributed by atoms with Crippen LogP contribution >= 0.6 is 0 Å². The van der Waals surface area contributed by atoms with Crippen LogP contribution in [-0.2, 0) is 4.79 Å². The molecule has 1 saturated carbocycles. The maximum Gasteiger partial charge on any atom is 0.165 e. The second kappa shape index (κ2) is 1.84. The second-order valence-corrected chi connectivity index (χ2v) is 2.36. The van der Waals surface area contributed by atoms with Gasteiger partial charge in [0.05, 0.1) is 0 Å². The molecule has 0 N–H and O–H groups in total. The van der Waals surface area contributed by atoms with Crippen molar-refractivity contribution in [3.05, 3.63) is 0 Å². The largest absolute Gasteiger partial charge is 0.300 e. The normalized spacial score (nSPS) is 25.6. The molecule has 1 nitrogen and oxygen atoms in total. The number of rotatable bonds is 1. The Morgan fingerprint density at radius 2 is 1.88 bits per heavy atom. The van der Waals surface area contributed by atoms with Crippen LogP contribution in [0.4, 0.5) is 4.39 Å². The Kier molecular flexibility index (Phi) is 1.32. The molecule has 1 aliphatic carbocycles. The van der Waals surface area contributed by atoms with Gasteiger partial charge in [0.15, 0.2) is 12.0 Å². The third kappa shape index (κ3) is 0.881. The van der Waals surface area contributed by atoms with Gasteiger partial charge in [-0.05, 0) is 25.7 Å². The Morgan fingerprint density at radius 3 is 2.12 bits per heavy atom. The highest BCUT2D eigenvalue weighted by molar-refractivity contribution is 5.62. The van der Waals surface area contributed by atoms with Crippen LogP contribution in [0.5, 0.6) is 0 Å². The smallest absolute Gasteiger partial charge is 0.165 e. The summed E-state index contributed by atoms with van der Waals surface area (Å²) >= 11 is 0. The molecule has 0 aromatic rings. The van der Waals surface area contributed by atoms with Crippen LogP contribution in [0, 0.1) is 0 Å². The Balaban J connectivity index is 2.52. The van der Waals surface area contributed by atoms with Crippen molar-refractivity contribution in [3.8, 4) is 0 Å².